The molecule has 1 aliphatic heterocycles. The molecule has 0 bridgehead atoms. The van der Waals surface area contributed by atoms with Gasteiger partial charge in [0.25, 0.3) is 5.91 Å². The van der Waals surface area contributed by atoms with Crippen molar-refractivity contribution < 1.29 is 22.7 Å². The second-order valence-corrected chi connectivity index (χ2v) is 8.11. The van der Waals surface area contributed by atoms with Crippen LogP contribution < -0.4 is 0 Å². The van der Waals surface area contributed by atoms with Crippen molar-refractivity contribution >= 4 is 32.6 Å². The highest BCUT2D eigenvalue weighted by molar-refractivity contribution is 7.91. The Morgan fingerprint density at radius 3 is 2.79 bits per heavy atom. The number of rotatable bonds is 4. The van der Waals surface area contributed by atoms with Gasteiger partial charge in [0.2, 0.25) is 0 Å². The number of hydrogen-bond donors (Lipinski definition) is 1. The maximum atomic E-state index is 12.2. The molecule has 7 nitrogen and oxygen atoms in total. The summed E-state index contributed by atoms with van der Waals surface area (Å²) in [7, 11) is -1.54. The predicted octanol–water partition coefficient (Wildman–Crippen LogP) is 0.970. The quantitative estimate of drug-likeness (QED) is 0.829. The van der Waals surface area contributed by atoms with Gasteiger partial charge >= 0.3 is 5.97 Å². The van der Waals surface area contributed by atoms with Crippen molar-refractivity contribution in [2.45, 2.75) is 12.5 Å². The lowest BCUT2D eigenvalue weighted by Gasteiger charge is -2.23. The number of H-pyrrole nitrogens is 1. The van der Waals surface area contributed by atoms with E-state index in [1.165, 1.54) is 11.9 Å². The molecule has 128 valence electrons. The SMILES string of the molecule is CN(C(=O)COC(=O)c1c[nH]c2ccccc12)[C@H]1CCS(=O)(=O)C1. The topological polar surface area (TPSA) is 96.5 Å². The molecule has 2 aromatic rings. The first-order chi connectivity index (χ1) is 11.4. The Labute approximate surface area is 139 Å². The number of sulfone groups is 1. The molecule has 1 aliphatic rings. The van der Waals surface area contributed by atoms with E-state index in [0.29, 0.717) is 12.0 Å². The van der Waals surface area contributed by atoms with Crippen LogP contribution in [0.5, 0.6) is 0 Å². The number of aromatic nitrogens is 1. The fourth-order valence-electron chi connectivity index (χ4n) is 2.83. The molecule has 2 heterocycles. The molecule has 0 aliphatic carbocycles. The molecule has 1 fully saturated rings. The van der Waals surface area contributed by atoms with Crippen molar-refractivity contribution in [1.29, 1.82) is 0 Å². The van der Waals surface area contributed by atoms with E-state index >= 15 is 0 Å². The number of para-hydroxylation sites is 1. The summed E-state index contributed by atoms with van der Waals surface area (Å²) < 4.78 is 28.1. The number of nitrogens with one attached hydrogen (secondary N) is 1. The Hall–Kier alpha value is -2.35. The number of nitrogens with zero attached hydrogens (tertiary/aromatic N) is 1. The average Bonchev–Trinajstić information content (AvgIpc) is 3.14. The molecule has 3 rings (SSSR count). The van der Waals surface area contributed by atoms with E-state index in [0.717, 1.165) is 10.9 Å². The lowest BCUT2D eigenvalue weighted by Crippen LogP contribution is -2.40. The van der Waals surface area contributed by atoms with Crippen LogP contribution in [0.2, 0.25) is 0 Å². The van der Waals surface area contributed by atoms with Crippen LogP contribution in [0, 0.1) is 0 Å². The number of benzene rings is 1. The van der Waals surface area contributed by atoms with Gasteiger partial charge in [-0.25, -0.2) is 13.2 Å². The zero-order valence-electron chi connectivity index (χ0n) is 13.2. The number of esters is 1. The van der Waals surface area contributed by atoms with Crippen LogP contribution in [0.4, 0.5) is 0 Å². The number of ether oxygens (including phenoxy) is 1. The molecule has 1 aromatic carbocycles. The van der Waals surface area contributed by atoms with Crippen molar-refractivity contribution in [3.05, 3.63) is 36.0 Å². The Morgan fingerprint density at radius 1 is 1.33 bits per heavy atom. The second kappa shape index (κ2) is 6.27. The zero-order valence-corrected chi connectivity index (χ0v) is 14.0. The van der Waals surface area contributed by atoms with Crippen molar-refractivity contribution in [1.82, 2.24) is 9.88 Å². The minimum atomic E-state index is -3.07. The third kappa shape index (κ3) is 3.28. The lowest BCUT2D eigenvalue weighted by molar-refractivity contribution is -0.134. The first-order valence-corrected chi connectivity index (χ1v) is 9.39. The van der Waals surface area contributed by atoms with Crippen molar-refractivity contribution in [3.63, 3.8) is 0 Å². The molecule has 1 amide bonds. The molecule has 0 radical (unpaired) electrons. The van der Waals surface area contributed by atoms with Gasteiger partial charge in [-0.3, -0.25) is 4.79 Å². The van der Waals surface area contributed by atoms with E-state index in [4.69, 9.17) is 4.74 Å². The molecule has 1 saturated heterocycles. The maximum absolute atomic E-state index is 12.2. The normalized spacial score (nSPS) is 19.3. The monoisotopic (exact) mass is 350 g/mol. The summed E-state index contributed by atoms with van der Waals surface area (Å²) in [5, 5.41) is 0.727. The van der Waals surface area contributed by atoms with Crippen molar-refractivity contribution in [2.75, 3.05) is 25.2 Å². The molecule has 0 spiro atoms. The average molecular weight is 350 g/mol. The van der Waals surface area contributed by atoms with E-state index < -0.39 is 28.3 Å². The van der Waals surface area contributed by atoms with E-state index in [2.05, 4.69) is 4.98 Å². The van der Waals surface area contributed by atoms with E-state index in [1.54, 1.807) is 12.3 Å². The number of amides is 1. The molecular formula is C16H18N2O5S. The van der Waals surface area contributed by atoms with Gasteiger partial charge in [-0.15, -0.1) is 0 Å². The molecule has 0 saturated carbocycles. The molecule has 1 aromatic heterocycles. The second-order valence-electron chi connectivity index (χ2n) is 5.89. The number of fused-ring (bicyclic) bond motifs is 1. The van der Waals surface area contributed by atoms with Crippen LogP contribution in [-0.4, -0.2) is 61.4 Å². The molecule has 8 heteroatoms. The fourth-order valence-corrected chi connectivity index (χ4v) is 4.61. The van der Waals surface area contributed by atoms with Gasteiger partial charge in [-0.1, -0.05) is 18.2 Å². The highest BCUT2D eigenvalue weighted by Crippen LogP contribution is 2.19. The van der Waals surface area contributed by atoms with Crippen molar-refractivity contribution in [2.24, 2.45) is 0 Å². The fraction of sp³-hybridized carbons (Fsp3) is 0.375. The molecule has 24 heavy (non-hydrogen) atoms. The standard InChI is InChI=1S/C16H18N2O5S/c1-18(11-6-7-24(21,22)10-11)15(19)9-23-16(20)13-8-17-14-5-3-2-4-12(13)14/h2-5,8,11,17H,6-7,9-10H2,1H3/t11-/m0/s1. The van der Waals surface area contributed by atoms with E-state index in [9.17, 15) is 18.0 Å². The zero-order chi connectivity index (χ0) is 17.3. The van der Waals surface area contributed by atoms with Gasteiger partial charge < -0.3 is 14.6 Å². The summed E-state index contributed by atoms with van der Waals surface area (Å²) in [6.07, 6.45) is 1.96. The van der Waals surface area contributed by atoms with Crippen LogP contribution in [0.1, 0.15) is 16.8 Å². The third-order valence-corrected chi connectivity index (χ3v) is 6.04. The minimum absolute atomic E-state index is 0.0361. The van der Waals surface area contributed by atoms with Gasteiger partial charge in [-0.05, 0) is 12.5 Å². The van der Waals surface area contributed by atoms with Crippen LogP contribution in [0.3, 0.4) is 0 Å². The smallest absolute Gasteiger partial charge is 0.340 e. The van der Waals surface area contributed by atoms with Gasteiger partial charge in [0.1, 0.15) is 0 Å². The molecule has 1 atom stereocenters. The third-order valence-electron chi connectivity index (χ3n) is 4.29. The van der Waals surface area contributed by atoms with E-state index in [-0.39, 0.29) is 17.5 Å². The van der Waals surface area contributed by atoms with Crippen LogP contribution in [-0.2, 0) is 19.4 Å². The summed E-state index contributed by atoms with van der Waals surface area (Å²) in [4.78, 5) is 28.6. The summed E-state index contributed by atoms with van der Waals surface area (Å²) in [5.41, 5.74) is 1.17. The molecule has 0 unspecified atom stereocenters. The van der Waals surface area contributed by atoms with Crippen LogP contribution in [0.25, 0.3) is 10.9 Å². The number of likely N-dealkylation sites (N-methyl/N-ethyl adjacent to an activating group) is 1. The highest BCUT2D eigenvalue weighted by Gasteiger charge is 2.33. The Balaban J connectivity index is 1.61. The Bertz CT molecular complexity index is 887. The number of hydrogen-bond acceptors (Lipinski definition) is 5. The predicted molar refractivity (Wildman–Crippen MR) is 88.4 cm³/mol. The van der Waals surface area contributed by atoms with Gasteiger partial charge in [-0.2, -0.15) is 0 Å². The summed E-state index contributed by atoms with van der Waals surface area (Å²) in [5.74, 6) is -0.950. The summed E-state index contributed by atoms with van der Waals surface area (Å²) >= 11 is 0. The molecule has 1 N–H and O–H groups in total. The van der Waals surface area contributed by atoms with Crippen molar-refractivity contribution in [3.8, 4) is 0 Å². The summed E-state index contributed by atoms with van der Waals surface area (Å²) in [6.45, 7) is -0.411. The van der Waals surface area contributed by atoms with Crippen LogP contribution >= 0.6 is 0 Å². The van der Waals surface area contributed by atoms with Gasteiger partial charge in [0.15, 0.2) is 16.4 Å². The first kappa shape index (κ1) is 16.5. The highest BCUT2D eigenvalue weighted by atomic mass is 32.2. The van der Waals surface area contributed by atoms with Gasteiger partial charge in [0.05, 0.1) is 17.1 Å². The summed E-state index contributed by atoms with van der Waals surface area (Å²) in [6, 6.07) is 6.94. The molecular weight excluding hydrogens is 332 g/mol. The Morgan fingerprint density at radius 2 is 2.08 bits per heavy atom. The lowest BCUT2D eigenvalue weighted by atomic mass is 10.2. The number of carbonyl (C=O) groups is 2. The van der Waals surface area contributed by atoms with Gasteiger partial charge in [0, 0.05) is 30.2 Å². The Kier molecular flexibility index (Phi) is 4.31. The van der Waals surface area contributed by atoms with E-state index in [1.807, 2.05) is 18.2 Å². The minimum Gasteiger partial charge on any atom is -0.452 e. The maximum Gasteiger partial charge on any atom is 0.340 e. The van der Waals surface area contributed by atoms with Crippen LogP contribution in [0.15, 0.2) is 30.5 Å². The first-order valence-electron chi connectivity index (χ1n) is 7.57. The largest absolute Gasteiger partial charge is 0.452 e. The number of carbonyl (C=O) groups excluding carboxylic acids is 2. The number of aromatic amines is 1.